The molecule has 0 bridgehead atoms. The molecule has 0 aliphatic carbocycles. The Bertz CT molecular complexity index is 530. The van der Waals surface area contributed by atoms with Crippen molar-refractivity contribution in [2.45, 2.75) is 13.3 Å². The molecule has 1 aliphatic heterocycles. The Morgan fingerprint density at radius 1 is 1.50 bits per heavy atom. The Labute approximate surface area is 117 Å². The predicted octanol–water partition coefficient (Wildman–Crippen LogP) is 1.58. The van der Waals surface area contributed by atoms with E-state index < -0.39 is 4.92 Å². The molecule has 1 unspecified atom stereocenters. The standard InChI is InChI=1S/C14H19N3O3/c1-10-5-12(7-13(6-10)17(19)20)14(18)16-4-3-11(9-16)8-15-2/h5-7,11,15H,3-4,8-9H2,1-2H3. The van der Waals surface area contributed by atoms with Gasteiger partial charge in [-0.25, -0.2) is 0 Å². The van der Waals surface area contributed by atoms with Crippen molar-refractivity contribution in [1.29, 1.82) is 0 Å². The second-order valence-electron chi connectivity index (χ2n) is 5.28. The first kappa shape index (κ1) is 14.5. The summed E-state index contributed by atoms with van der Waals surface area (Å²) in [6, 6.07) is 4.55. The van der Waals surface area contributed by atoms with Crippen LogP contribution in [-0.4, -0.2) is 42.4 Å². The molecule has 0 saturated carbocycles. The molecule has 1 heterocycles. The van der Waals surface area contributed by atoms with Gasteiger partial charge in [0.05, 0.1) is 4.92 Å². The highest BCUT2D eigenvalue weighted by molar-refractivity contribution is 5.95. The smallest absolute Gasteiger partial charge is 0.270 e. The summed E-state index contributed by atoms with van der Waals surface area (Å²) in [5, 5.41) is 14.0. The molecule has 20 heavy (non-hydrogen) atoms. The third-order valence-electron chi connectivity index (χ3n) is 3.59. The second-order valence-corrected chi connectivity index (χ2v) is 5.28. The van der Waals surface area contributed by atoms with Crippen molar-refractivity contribution >= 4 is 11.6 Å². The van der Waals surface area contributed by atoms with E-state index in [0.29, 0.717) is 24.6 Å². The van der Waals surface area contributed by atoms with Crippen molar-refractivity contribution in [3.8, 4) is 0 Å². The fraction of sp³-hybridized carbons (Fsp3) is 0.500. The highest BCUT2D eigenvalue weighted by atomic mass is 16.6. The minimum absolute atomic E-state index is 0.0284. The van der Waals surface area contributed by atoms with E-state index in [1.165, 1.54) is 12.1 Å². The van der Waals surface area contributed by atoms with E-state index in [2.05, 4.69) is 5.32 Å². The molecule has 1 amide bonds. The molecule has 0 spiro atoms. The fourth-order valence-corrected chi connectivity index (χ4v) is 2.65. The first-order valence-corrected chi connectivity index (χ1v) is 6.71. The van der Waals surface area contributed by atoms with Gasteiger partial charge >= 0.3 is 0 Å². The van der Waals surface area contributed by atoms with Crippen LogP contribution in [0, 0.1) is 23.0 Å². The Morgan fingerprint density at radius 2 is 2.25 bits per heavy atom. The van der Waals surface area contributed by atoms with Gasteiger partial charge in [0, 0.05) is 30.8 Å². The van der Waals surface area contributed by atoms with E-state index in [4.69, 9.17) is 0 Å². The normalized spacial score (nSPS) is 18.3. The summed E-state index contributed by atoms with van der Waals surface area (Å²) in [6.45, 7) is 4.07. The van der Waals surface area contributed by atoms with E-state index in [1.807, 2.05) is 7.05 Å². The molecular weight excluding hydrogens is 258 g/mol. The highest BCUT2D eigenvalue weighted by Crippen LogP contribution is 2.22. The van der Waals surface area contributed by atoms with Gasteiger partial charge in [-0.05, 0) is 44.5 Å². The van der Waals surface area contributed by atoms with Crippen molar-refractivity contribution in [1.82, 2.24) is 10.2 Å². The maximum atomic E-state index is 12.4. The molecule has 1 fully saturated rings. The van der Waals surface area contributed by atoms with Gasteiger partial charge in [-0.2, -0.15) is 0 Å². The fourth-order valence-electron chi connectivity index (χ4n) is 2.65. The Balaban J connectivity index is 2.15. The molecule has 6 nitrogen and oxygen atoms in total. The topological polar surface area (TPSA) is 75.5 Å². The second kappa shape index (κ2) is 6.00. The molecule has 1 atom stereocenters. The van der Waals surface area contributed by atoms with Crippen LogP contribution in [0.5, 0.6) is 0 Å². The molecule has 1 saturated heterocycles. The Morgan fingerprint density at radius 3 is 2.90 bits per heavy atom. The number of hydrogen-bond acceptors (Lipinski definition) is 4. The number of non-ortho nitro benzene ring substituents is 1. The zero-order valence-corrected chi connectivity index (χ0v) is 11.8. The van der Waals surface area contributed by atoms with Gasteiger partial charge in [-0.3, -0.25) is 14.9 Å². The molecule has 1 N–H and O–H groups in total. The summed E-state index contributed by atoms with van der Waals surface area (Å²) in [4.78, 5) is 24.6. The van der Waals surface area contributed by atoms with E-state index >= 15 is 0 Å². The lowest BCUT2D eigenvalue weighted by Crippen LogP contribution is -2.30. The van der Waals surface area contributed by atoms with Crippen LogP contribution in [0.2, 0.25) is 0 Å². The molecule has 1 aliphatic rings. The van der Waals surface area contributed by atoms with Gasteiger partial charge in [0.25, 0.3) is 11.6 Å². The number of hydrogen-bond donors (Lipinski definition) is 1. The average Bonchev–Trinajstić information content (AvgIpc) is 2.86. The number of nitrogens with one attached hydrogen (secondary N) is 1. The predicted molar refractivity (Wildman–Crippen MR) is 75.8 cm³/mol. The number of benzene rings is 1. The number of carbonyl (C=O) groups is 1. The first-order chi connectivity index (χ1) is 9.51. The first-order valence-electron chi connectivity index (χ1n) is 6.71. The van der Waals surface area contributed by atoms with Crippen LogP contribution >= 0.6 is 0 Å². The molecular formula is C14H19N3O3. The molecule has 0 radical (unpaired) electrons. The van der Waals surface area contributed by atoms with Gasteiger partial charge in [0.2, 0.25) is 0 Å². The van der Waals surface area contributed by atoms with Crippen LogP contribution in [0.15, 0.2) is 18.2 Å². The maximum absolute atomic E-state index is 12.4. The van der Waals surface area contributed by atoms with Crippen LogP contribution in [0.4, 0.5) is 5.69 Å². The summed E-state index contributed by atoms with van der Waals surface area (Å²) in [5.41, 5.74) is 1.11. The number of aryl methyl sites for hydroxylation is 1. The molecule has 0 aromatic heterocycles. The van der Waals surface area contributed by atoms with Crippen LogP contribution in [0.1, 0.15) is 22.3 Å². The van der Waals surface area contributed by atoms with Crippen LogP contribution in [0.3, 0.4) is 0 Å². The quantitative estimate of drug-likeness (QED) is 0.669. The average molecular weight is 277 g/mol. The highest BCUT2D eigenvalue weighted by Gasteiger charge is 2.27. The molecule has 2 rings (SSSR count). The lowest BCUT2D eigenvalue weighted by molar-refractivity contribution is -0.384. The minimum Gasteiger partial charge on any atom is -0.338 e. The number of amides is 1. The molecule has 1 aromatic rings. The largest absolute Gasteiger partial charge is 0.338 e. The summed E-state index contributed by atoms with van der Waals surface area (Å²) in [5.74, 6) is 0.346. The van der Waals surface area contributed by atoms with E-state index in [0.717, 1.165) is 18.5 Å². The van der Waals surface area contributed by atoms with Crippen molar-refractivity contribution in [2.24, 2.45) is 5.92 Å². The van der Waals surface area contributed by atoms with E-state index in [1.54, 1.807) is 17.9 Å². The van der Waals surface area contributed by atoms with Crippen molar-refractivity contribution < 1.29 is 9.72 Å². The van der Waals surface area contributed by atoms with Crippen molar-refractivity contribution in [3.05, 3.63) is 39.4 Å². The minimum atomic E-state index is -0.461. The SMILES string of the molecule is CNCC1CCN(C(=O)c2cc(C)cc([N+](=O)[O-])c2)C1. The number of rotatable bonds is 4. The van der Waals surface area contributed by atoms with Crippen LogP contribution < -0.4 is 5.32 Å². The monoisotopic (exact) mass is 277 g/mol. The lowest BCUT2D eigenvalue weighted by Gasteiger charge is -2.16. The van der Waals surface area contributed by atoms with Gasteiger partial charge < -0.3 is 10.2 Å². The third kappa shape index (κ3) is 3.14. The van der Waals surface area contributed by atoms with Gasteiger partial charge in [-0.1, -0.05) is 0 Å². The van der Waals surface area contributed by atoms with Gasteiger partial charge in [-0.15, -0.1) is 0 Å². The van der Waals surface area contributed by atoms with Crippen LogP contribution in [0.25, 0.3) is 0 Å². The number of nitro benzene ring substituents is 1. The third-order valence-corrected chi connectivity index (χ3v) is 3.59. The van der Waals surface area contributed by atoms with Crippen LogP contribution in [-0.2, 0) is 0 Å². The number of nitrogens with zero attached hydrogens (tertiary/aromatic N) is 2. The zero-order valence-electron chi connectivity index (χ0n) is 11.8. The summed E-state index contributed by atoms with van der Waals surface area (Å²) >= 11 is 0. The van der Waals surface area contributed by atoms with E-state index in [-0.39, 0.29) is 11.6 Å². The molecule has 6 heteroatoms. The molecule has 1 aromatic carbocycles. The number of nitro groups is 1. The summed E-state index contributed by atoms with van der Waals surface area (Å²) in [7, 11) is 1.90. The van der Waals surface area contributed by atoms with E-state index in [9.17, 15) is 14.9 Å². The number of carbonyl (C=O) groups excluding carboxylic acids is 1. The van der Waals surface area contributed by atoms with Gasteiger partial charge in [0.1, 0.15) is 0 Å². The number of likely N-dealkylation sites (tertiary alicyclic amines) is 1. The summed E-state index contributed by atoms with van der Waals surface area (Å²) in [6.07, 6.45) is 0.973. The van der Waals surface area contributed by atoms with Crippen molar-refractivity contribution in [3.63, 3.8) is 0 Å². The Hall–Kier alpha value is -1.95. The maximum Gasteiger partial charge on any atom is 0.270 e. The zero-order chi connectivity index (χ0) is 14.7. The Kier molecular flexibility index (Phi) is 4.34. The molecule has 108 valence electrons. The summed E-state index contributed by atoms with van der Waals surface area (Å²) < 4.78 is 0. The lowest BCUT2D eigenvalue weighted by atomic mass is 10.1. The van der Waals surface area contributed by atoms with Crippen molar-refractivity contribution in [2.75, 3.05) is 26.7 Å². The van der Waals surface area contributed by atoms with Gasteiger partial charge in [0.15, 0.2) is 0 Å².